The molecule has 1 saturated heterocycles. The first-order valence-electron chi connectivity index (χ1n) is 11.3. The van der Waals surface area contributed by atoms with Crippen LogP contribution in [0.4, 0.5) is 10.1 Å². The van der Waals surface area contributed by atoms with Gasteiger partial charge in [-0.15, -0.1) is 0 Å². The van der Waals surface area contributed by atoms with Gasteiger partial charge in [0.15, 0.2) is 11.5 Å². The normalized spacial score (nSPS) is 16.9. The first-order valence-corrected chi connectivity index (χ1v) is 11.3. The van der Waals surface area contributed by atoms with E-state index in [0.29, 0.717) is 33.8 Å². The first-order chi connectivity index (χ1) is 17.9. The number of rotatable bonds is 6. The molecule has 0 spiro atoms. The molecule has 0 aliphatic carbocycles. The van der Waals surface area contributed by atoms with Crippen molar-refractivity contribution in [2.45, 2.75) is 6.04 Å². The van der Waals surface area contributed by atoms with Gasteiger partial charge in [0.25, 0.3) is 11.7 Å². The van der Waals surface area contributed by atoms with Gasteiger partial charge in [0, 0.05) is 28.4 Å². The van der Waals surface area contributed by atoms with Gasteiger partial charge in [-0.3, -0.25) is 14.5 Å². The Hall–Kier alpha value is -4.79. The lowest BCUT2D eigenvalue weighted by atomic mass is 9.94. The number of amides is 1. The zero-order valence-corrected chi connectivity index (χ0v) is 20.2. The van der Waals surface area contributed by atoms with E-state index in [-0.39, 0.29) is 17.0 Å². The number of methoxy groups -OCH3 is 3. The number of ketones is 1. The Morgan fingerprint density at radius 1 is 0.946 bits per heavy atom. The molecule has 1 amide bonds. The molecule has 3 aromatic carbocycles. The summed E-state index contributed by atoms with van der Waals surface area (Å²) in [5.74, 6) is -1.67. The van der Waals surface area contributed by atoms with E-state index >= 15 is 0 Å². The Morgan fingerprint density at radius 2 is 1.59 bits per heavy atom. The van der Waals surface area contributed by atoms with Crippen molar-refractivity contribution >= 4 is 34.0 Å². The number of ether oxygens (including phenoxy) is 3. The van der Waals surface area contributed by atoms with Crippen molar-refractivity contribution in [3.8, 4) is 17.2 Å². The van der Waals surface area contributed by atoms with Gasteiger partial charge in [0.05, 0.1) is 32.9 Å². The lowest BCUT2D eigenvalue weighted by Gasteiger charge is -2.26. The van der Waals surface area contributed by atoms with E-state index in [1.54, 1.807) is 30.5 Å². The lowest BCUT2D eigenvalue weighted by molar-refractivity contribution is -0.132. The van der Waals surface area contributed by atoms with Crippen LogP contribution >= 0.6 is 0 Å². The Bertz CT molecular complexity index is 1530. The van der Waals surface area contributed by atoms with Crippen LogP contribution in [0.3, 0.4) is 0 Å². The fourth-order valence-electron chi connectivity index (χ4n) is 4.69. The number of para-hydroxylation sites is 1. The molecule has 2 heterocycles. The number of carbonyl (C=O) groups is 2. The summed E-state index contributed by atoms with van der Waals surface area (Å²) in [6.45, 7) is 0. The standard InChI is InChI=1S/C28H23FN2O6/c1-35-21-12-15(13-22(36-2)27(21)37-3)24-23(25(32)19-14-30-20-7-5-4-6-18(19)20)26(33)28(34)31(24)17-10-8-16(29)9-11-17/h4-14,24,30,32H,1-3H3/b25-23-. The van der Waals surface area contributed by atoms with E-state index in [4.69, 9.17) is 14.2 Å². The van der Waals surface area contributed by atoms with Crippen molar-refractivity contribution in [1.82, 2.24) is 4.98 Å². The molecule has 0 bridgehead atoms. The van der Waals surface area contributed by atoms with Gasteiger partial charge in [-0.2, -0.15) is 0 Å². The van der Waals surface area contributed by atoms with Crippen molar-refractivity contribution in [3.05, 3.63) is 89.4 Å². The number of carbonyl (C=O) groups excluding carboxylic acids is 2. The van der Waals surface area contributed by atoms with Crippen LogP contribution in [0.25, 0.3) is 16.7 Å². The number of hydrogen-bond acceptors (Lipinski definition) is 6. The number of benzene rings is 3. The second kappa shape index (κ2) is 9.34. The summed E-state index contributed by atoms with van der Waals surface area (Å²) in [6, 6.07) is 14.6. The molecule has 1 aliphatic rings. The minimum atomic E-state index is -1.08. The highest BCUT2D eigenvalue weighted by Gasteiger charge is 2.47. The molecular formula is C28H23FN2O6. The molecule has 188 valence electrons. The van der Waals surface area contributed by atoms with Gasteiger partial charge in [-0.25, -0.2) is 4.39 Å². The number of halogens is 1. The summed E-state index contributed by atoms with van der Waals surface area (Å²) < 4.78 is 30.1. The van der Waals surface area contributed by atoms with Crippen LogP contribution < -0.4 is 19.1 Å². The van der Waals surface area contributed by atoms with Crippen LogP contribution in [0, 0.1) is 5.82 Å². The maximum absolute atomic E-state index is 13.7. The van der Waals surface area contributed by atoms with Crippen molar-refractivity contribution < 1.29 is 33.3 Å². The number of anilines is 1. The topological polar surface area (TPSA) is 101 Å². The Labute approximate surface area is 211 Å². The van der Waals surface area contributed by atoms with E-state index in [0.717, 1.165) is 5.52 Å². The van der Waals surface area contributed by atoms with Gasteiger partial charge in [-0.05, 0) is 48.0 Å². The van der Waals surface area contributed by atoms with Gasteiger partial charge in [-0.1, -0.05) is 18.2 Å². The van der Waals surface area contributed by atoms with Gasteiger partial charge < -0.3 is 24.3 Å². The third-order valence-corrected chi connectivity index (χ3v) is 6.40. The monoisotopic (exact) mass is 502 g/mol. The lowest BCUT2D eigenvalue weighted by Crippen LogP contribution is -2.29. The van der Waals surface area contributed by atoms with E-state index in [9.17, 15) is 19.1 Å². The molecule has 1 atom stereocenters. The molecule has 1 aliphatic heterocycles. The predicted molar refractivity (Wildman–Crippen MR) is 136 cm³/mol. The average molecular weight is 502 g/mol. The number of nitrogens with one attached hydrogen (secondary N) is 1. The molecule has 5 rings (SSSR count). The van der Waals surface area contributed by atoms with E-state index in [2.05, 4.69) is 4.98 Å². The highest BCUT2D eigenvalue weighted by Crippen LogP contribution is 2.47. The predicted octanol–water partition coefficient (Wildman–Crippen LogP) is 4.96. The zero-order valence-electron chi connectivity index (χ0n) is 20.2. The fraction of sp³-hybridized carbons (Fsp3) is 0.143. The zero-order chi connectivity index (χ0) is 26.3. The maximum Gasteiger partial charge on any atom is 0.300 e. The van der Waals surface area contributed by atoms with E-state index < -0.39 is 23.5 Å². The van der Waals surface area contributed by atoms with Crippen LogP contribution in [-0.2, 0) is 9.59 Å². The number of aromatic nitrogens is 1. The second-order valence-corrected chi connectivity index (χ2v) is 8.35. The number of hydrogen-bond donors (Lipinski definition) is 2. The highest BCUT2D eigenvalue weighted by molar-refractivity contribution is 6.51. The first kappa shape index (κ1) is 23.9. The minimum absolute atomic E-state index is 0.131. The summed E-state index contributed by atoms with van der Waals surface area (Å²) in [6.07, 6.45) is 1.58. The molecular weight excluding hydrogens is 479 g/mol. The Balaban J connectivity index is 1.80. The number of nitrogens with zero attached hydrogens (tertiary/aromatic N) is 1. The number of H-pyrrole nitrogens is 1. The Kier molecular flexibility index (Phi) is 6.04. The molecule has 1 aromatic heterocycles. The summed E-state index contributed by atoms with van der Waals surface area (Å²) in [5.41, 5.74) is 1.68. The third kappa shape index (κ3) is 3.85. The SMILES string of the molecule is COc1cc(C2/C(=C(/O)c3c[nH]c4ccccc34)C(=O)C(=O)N2c2ccc(F)cc2)cc(OC)c1OC. The molecule has 0 saturated carbocycles. The molecule has 8 nitrogen and oxygen atoms in total. The smallest absolute Gasteiger partial charge is 0.300 e. The van der Waals surface area contributed by atoms with E-state index in [1.807, 2.05) is 12.1 Å². The van der Waals surface area contributed by atoms with Gasteiger partial charge in [0.2, 0.25) is 5.75 Å². The fourth-order valence-corrected chi connectivity index (χ4v) is 4.69. The number of aromatic amines is 1. The number of aliphatic hydroxyl groups excluding tert-OH is 1. The maximum atomic E-state index is 13.7. The van der Waals surface area contributed by atoms with Crippen molar-refractivity contribution in [2.24, 2.45) is 0 Å². The average Bonchev–Trinajstić information content (AvgIpc) is 3.47. The van der Waals surface area contributed by atoms with Crippen LogP contribution in [-0.4, -0.2) is 43.1 Å². The summed E-state index contributed by atoms with van der Waals surface area (Å²) in [7, 11) is 4.36. The van der Waals surface area contributed by atoms with Gasteiger partial charge >= 0.3 is 0 Å². The number of Topliss-reactive ketones (excluding diaryl/α,β-unsaturated/α-hetero) is 1. The molecule has 9 heteroatoms. The molecule has 1 unspecified atom stereocenters. The van der Waals surface area contributed by atoms with Crippen LogP contribution in [0.1, 0.15) is 17.2 Å². The number of fused-ring (bicyclic) bond motifs is 1. The van der Waals surface area contributed by atoms with Crippen molar-refractivity contribution in [3.63, 3.8) is 0 Å². The van der Waals surface area contributed by atoms with Crippen molar-refractivity contribution in [1.29, 1.82) is 0 Å². The quantitative estimate of drug-likeness (QED) is 0.220. The third-order valence-electron chi connectivity index (χ3n) is 6.40. The van der Waals surface area contributed by atoms with Gasteiger partial charge in [0.1, 0.15) is 11.6 Å². The molecule has 37 heavy (non-hydrogen) atoms. The van der Waals surface area contributed by atoms with Crippen LogP contribution in [0.2, 0.25) is 0 Å². The molecule has 1 fully saturated rings. The molecule has 0 radical (unpaired) electrons. The van der Waals surface area contributed by atoms with Crippen LogP contribution in [0.5, 0.6) is 17.2 Å². The summed E-state index contributed by atoms with van der Waals surface area (Å²) in [5, 5.41) is 12.2. The number of aliphatic hydroxyl groups is 1. The van der Waals surface area contributed by atoms with Crippen molar-refractivity contribution in [2.75, 3.05) is 26.2 Å². The Morgan fingerprint density at radius 3 is 2.22 bits per heavy atom. The summed E-state index contributed by atoms with van der Waals surface area (Å²) in [4.78, 5) is 31.2. The highest BCUT2D eigenvalue weighted by atomic mass is 19.1. The summed E-state index contributed by atoms with van der Waals surface area (Å²) >= 11 is 0. The largest absolute Gasteiger partial charge is 0.507 e. The van der Waals surface area contributed by atoms with Crippen LogP contribution in [0.15, 0.2) is 72.4 Å². The van der Waals surface area contributed by atoms with E-state index in [1.165, 1.54) is 50.5 Å². The minimum Gasteiger partial charge on any atom is -0.507 e. The second-order valence-electron chi connectivity index (χ2n) is 8.35. The molecule has 2 N–H and O–H groups in total. The molecule has 4 aromatic rings.